The molecule has 0 radical (unpaired) electrons. The third kappa shape index (κ3) is 2.81. The lowest BCUT2D eigenvalue weighted by Gasteiger charge is -2.31. The maximum atomic E-state index is 10.6. The standard InChI is InChI=1S/C15H21ClO2/c1-10-5-3-6-11(9-10)15(17)14-12(16)7-4-8-13(14)18-2/h4,7-8,10-11,15,17H,3,5-6,9H2,1-2H3. The van der Waals surface area contributed by atoms with Crippen molar-refractivity contribution in [3.8, 4) is 5.75 Å². The summed E-state index contributed by atoms with van der Waals surface area (Å²) in [6.07, 6.45) is 4.07. The van der Waals surface area contributed by atoms with E-state index in [2.05, 4.69) is 6.92 Å². The van der Waals surface area contributed by atoms with Gasteiger partial charge in [0.25, 0.3) is 0 Å². The van der Waals surface area contributed by atoms with Gasteiger partial charge in [-0.05, 0) is 36.8 Å². The highest BCUT2D eigenvalue weighted by Crippen LogP contribution is 2.42. The van der Waals surface area contributed by atoms with E-state index in [-0.39, 0.29) is 0 Å². The van der Waals surface area contributed by atoms with Crippen molar-refractivity contribution in [1.82, 2.24) is 0 Å². The fourth-order valence-electron chi connectivity index (χ4n) is 2.99. The average molecular weight is 269 g/mol. The maximum Gasteiger partial charge on any atom is 0.126 e. The van der Waals surface area contributed by atoms with E-state index in [0.29, 0.717) is 22.6 Å². The molecule has 2 nitrogen and oxygen atoms in total. The Hall–Kier alpha value is -0.730. The molecular weight excluding hydrogens is 248 g/mol. The van der Waals surface area contributed by atoms with Crippen molar-refractivity contribution >= 4 is 11.6 Å². The first-order valence-corrected chi connectivity index (χ1v) is 7.01. The number of rotatable bonds is 3. The van der Waals surface area contributed by atoms with Crippen LogP contribution in [0, 0.1) is 11.8 Å². The monoisotopic (exact) mass is 268 g/mol. The lowest BCUT2D eigenvalue weighted by molar-refractivity contribution is 0.0694. The fourth-order valence-corrected chi connectivity index (χ4v) is 3.26. The topological polar surface area (TPSA) is 29.5 Å². The van der Waals surface area contributed by atoms with E-state index >= 15 is 0 Å². The van der Waals surface area contributed by atoms with Crippen molar-refractivity contribution in [3.63, 3.8) is 0 Å². The minimum Gasteiger partial charge on any atom is -0.496 e. The highest BCUT2D eigenvalue weighted by Gasteiger charge is 2.29. The Kier molecular flexibility index (Phi) is 4.52. The number of aliphatic hydroxyl groups excluding tert-OH is 1. The van der Waals surface area contributed by atoms with E-state index in [4.69, 9.17) is 16.3 Å². The van der Waals surface area contributed by atoms with Gasteiger partial charge in [-0.3, -0.25) is 0 Å². The molecule has 2 rings (SSSR count). The van der Waals surface area contributed by atoms with Gasteiger partial charge in [0.15, 0.2) is 0 Å². The Balaban J connectivity index is 2.24. The van der Waals surface area contributed by atoms with Crippen molar-refractivity contribution in [2.75, 3.05) is 7.11 Å². The summed E-state index contributed by atoms with van der Waals surface area (Å²) in [6, 6.07) is 5.52. The molecule has 0 bridgehead atoms. The highest BCUT2D eigenvalue weighted by molar-refractivity contribution is 6.31. The van der Waals surface area contributed by atoms with Crippen molar-refractivity contribution in [3.05, 3.63) is 28.8 Å². The third-order valence-corrected chi connectivity index (χ3v) is 4.28. The zero-order valence-electron chi connectivity index (χ0n) is 11.0. The summed E-state index contributed by atoms with van der Waals surface area (Å²) in [4.78, 5) is 0. The molecule has 1 aliphatic rings. The van der Waals surface area contributed by atoms with E-state index in [9.17, 15) is 5.11 Å². The van der Waals surface area contributed by atoms with Crippen molar-refractivity contribution in [1.29, 1.82) is 0 Å². The van der Waals surface area contributed by atoms with Crippen LogP contribution in [0.4, 0.5) is 0 Å². The van der Waals surface area contributed by atoms with Crippen LogP contribution in [0.3, 0.4) is 0 Å². The first-order chi connectivity index (χ1) is 8.63. The molecule has 0 saturated heterocycles. The second kappa shape index (κ2) is 5.94. The molecule has 0 aromatic heterocycles. The summed E-state index contributed by atoms with van der Waals surface area (Å²) in [6.45, 7) is 2.25. The third-order valence-electron chi connectivity index (χ3n) is 3.95. The van der Waals surface area contributed by atoms with Crippen molar-refractivity contribution < 1.29 is 9.84 Å². The molecule has 0 amide bonds. The Bertz CT molecular complexity index is 405. The van der Waals surface area contributed by atoms with Gasteiger partial charge >= 0.3 is 0 Å². The lowest BCUT2D eigenvalue weighted by atomic mass is 9.78. The van der Waals surface area contributed by atoms with Crippen molar-refractivity contribution in [2.45, 2.75) is 38.7 Å². The highest BCUT2D eigenvalue weighted by atomic mass is 35.5. The molecule has 0 aliphatic heterocycles. The maximum absolute atomic E-state index is 10.6. The largest absolute Gasteiger partial charge is 0.496 e. The van der Waals surface area contributed by atoms with Crippen LogP contribution in [0.5, 0.6) is 5.75 Å². The smallest absolute Gasteiger partial charge is 0.126 e. The van der Waals surface area contributed by atoms with E-state index < -0.39 is 6.10 Å². The molecule has 0 spiro atoms. The number of ether oxygens (including phenoxy) is 1. The summed E-state index contributed by atoms with van der Waals surface area (Å²) in [5.74, 6) is 1.67. The van der Waals surface area contributed by atoms with Gasteiger partial charge in [-0.25, -0.2) is 0 Å². The molecule has 3 unspecified atom stereocenters. The molecule has 1 aromatic carbocycles. The Morgan fingerprint density at radius 2 is 2.17 bits per heavy atom. The van der Waals surface area contributed by atoms with Crippen LogP contribution in [0.2, 0.25) is 5.02 Å². The first-order valence-electron chi connectivity index (χ1n) is 6.64. The molecule has 0 heterocycles. The summed E-state index contributed by atoms with van der Waals surface area (Å²) in [7, 11) is 1.62. The molecule has 1 aromatic rings. The summed E-state index contributed by atoms with van der Waals surface area (Å²) in [5, 5.41) is 11.2. The lowest BCUT2D eigenvalue weighted by Crippen LogP contribution is -2.20. The number of hydrogen-bond donors (Lipinski definition) is 1. The minimum atomic E-state index is -0.517. The second-order valence-corrected chi connectivity index (χ2v) is 5.74. The number of benzene rings is 1. The molecule has 18 heavy (non-hydrogen) atoms. The SMILES string of the molecule is COc1cccc(Cl)c1C(O)C1CCCC(C)C1. The Labute approximate surface area is 114 Å². The number of methoxy groups -OCH3 is 1. The molecule has 3 atom stereocenters. The molecule has 3 heteroatoms. The molecular formula is C15H21ClO2. The quantitative estimate of drug-likeness (QED) is 0.890. The van der Waals surface area contributed by atoms with E-state index in [1.807, 2.05) is 18.2 Å². The fraction of sp³-hybridized carbons (Fsp3) is 0.600. The van der Waals surface area contributed by atoms with Gasteiger partial charge in [0.1, 0.15) is 5.75 Å². The van der Waals surface area contributed by atoms with Gasteiger partial charge in [0.05, 0.1) is 18.2 Å². The summed E-state index contributed by atoms with van der Waals surface area (Å²) >= 11 is 6.22. The molecule has 1 fully saturated rings. The van der Waals surface area contributed by atoms with Crippen LogP contribution < -0.4 is 4.74 Å². The summed E-state index contributed by atoms with van der Waals surface area (Å²) < 4.78 is 5.32. The van der Waals surface area contributed by atoms with Crippen LogP contribution in [0.1, 0.15) is 44.3 Å². The second-order valence-electron chi connectivity index (χ2n) is 5.33. The van der Waals surface area contributed by atoms with Gasteiger partial charge in [-0.1, -0.05) is 37.4 Å². The zero-order chi connectivity index (χ0) is 13.1. The summed E-state index contributed by atoms with van der Waals surface area (Å²) in [5.41, 5.74) is 0.751. The Morgan fingerprint density at radius 3 is 2.83 bits per heavy atom. The van der Waals surface area contributed by atoms with Gasteiger partial charge in [-0.2, -0.15) is 0 Å². The van der Waals surface area contributed by atoms with Crippen LogP contribution >= 0.6 is 11.6 Å². The van der Waals surface area contributed by atoms with E-state index in [1.165, 1.54) is 12.8 Å². The predicted molar refractivity (Wildman–Crippen MR) is 74.1 cm³/mol. The van der Waals surface area contributed by atoms with Gasteiger partial charge in [-0.15, -0.1) is 0 Å². The van der Waals surface area contributed by atoms with Crippen LogP contribution in [-0.2, 0) is 0 Å². The molecule has 1 saturated carbocycles. The molecule has 1 N–H and O–H groups in total. The normalized spacial score (nSPS) is 25.8. The first kappa shape index (κ1) is 13.7. The Morgan fingerprint density at radius 1 is 1.39 bits per heavy atom. The van der Waals surface area contributed by atoms with Crippen molar-refractivity contribution in [2.24, 2.45) is 11.8 Å². The van der Waals surface area contributed by atoms with Crippen LogP contribution in [-0.4, -0.2) is 12.2 Å². The molecule has 100 valence electrons. The average Bonchev–Trinajstić information content (AvgIpc) is 2.37. The van der Waals surface area contributed by atoms with Gasteiger partial charge in [0, 0.05) is 5.56 Å². The zero-order valence-corrected chi connectivity index (χ0v) is 11.8. The van der Waals surface area contributed by atoms with E-state index in [1.54, 1.807) is 7.11 Å². The van der Waals surface area contributed by atoms with Crippen LogP contribution in [0.15, 0.2) is 18.2 Å². The van der Waals surface area contributed by atoms with E-state index in [0.717, 1.165) is 18.4 Å². The van der Waals surface area contributed by atoms with Gasteiger partial charge < -0.3 is 9.84 Å². The van der Waals surface area contributed by atoms with Crippen LogP contribution in [0.25, 0.3) is 0 Å². The molecule has 1 aliphatic carbocycles. The van der Waals surface area contributed by atoms with Gasteiger partial charge in [0.2, 0.25) is 0 Å². The predicted octanol–water partition coefficient (Wildman–Crippen LogP) is 4.21. The number of halogens is 1. The number of aliphatic hydroxyl groups is 1. The number of hydrogen-bond acceptors (Lipinski definition) is 2. The minimum absolute atomic E-state index is 0.294.